The number of rotatable bonds is 15. The quantitative estimate of drug-likeness (QED) is 0.0575. The lowest BCUT2D eigenvalue weighted by molar-refractivity contribution is 0.249. The molecule has 6 nitrogen and oxygen atoms in total. The normalized spacial score (nSPS) is 13.1. The van der Waals surface area contributed by atoms with Gasteiger partial charge in [0.25, 0.3) is 0 Å². The van der Waals surface area contributed by atoms with Gasteiger partial charge in [-0.15, -0.1) is 37.9 Å². The Morgan fingerprint density at radius 3 is 0.806 bits per heavy atom. The van der Waals surface area contributed by atoms with E-state index in [1.54, 1.807) is 0 Å². The van der Waals surface area contributed by atoms with Crippen LogP contribution in [0.15, 0.2) is 0 Å². The average molecular weight is 527 g/mol. The van der Waals surface area contributed by atoms with Crippen LogP contribution in [0.3, 0.4) is 0 Å². The highest BCUT2D eigenvalue weighted by Crippen LogP contribution is 2.11. The van der Waals surface area contributed by atoms with Gasteiger partial charge in [-0.05, 0) is 19.3 Å². The van der Waals surface area contributed by atoms with Gasteiger partial charge in [0.05, 0.1) is 16.3 Å². The first-order valence-corrected chi connectivity index (χ1v) is 14.2. The first-order valence-electron chi connectivity index (χ1n) is 11.5. The summed E-state index contributed by atoms with van der Waals surface area (Å²) < 4.78 is 0. The van der Waals surface area contributed by atoms with Crippen molar-refractivity contribution in [3.8, 4) is 0 Å². The zero-order chi connectivity index (χ0) is 24.9. The predicted octanol–water partition coefficient (Wildman–Crippen LogP) is 5.81. The molecule has 0 rings (SSSR count). The van der Waals surface area contributed by atoms with Gasteiger partial charge < -0.3 is 30.0 Å². The molecule has 194 valence electrons. The highest BCUT2D eigenvalue weighted by molar-refractivity contribution is 7.81. The van der Waals surface area contributed by atoms with Crippen molar-refractivity contribution in [1.82, 2.24) is 0 Å². The Kier molecular flexibility index (Phi) is 45.6. The summed E-state index contributed by atoms with van der Waals surface area (Å²) in [4.78, 5) is 21.7. The van der Waals surface area contributed by atoms with Crippen molar-refractivity contribution in [2.24, 2.45) is 0 Å². The molecule has 0 heterocycles. The zero-order valence-electron chi connectivity index (χ0n) is 19.8. The van der Waals surface area contributed by atoms with Crippen LogP contribution in [0.25, 0.3) is 0 Å². The van der Waals surface area contributed by atoms with Crippen molar-refractivity contribution in [1.29, 1.82) is 0 Å². The summed E-state index contributed by atoms with van der Waals surface area (Å²) in [6, 6.07) is 0. The summed E-state index contributed by atoms with van der Waals surface area (Å²) in [6.07, 6.45) is 17.1. The molecule has 3 atom stereocenters. The number of aliphatic hydroxyl groups is 3. The number of thiol groups is 3. The van der Waals surface area contributed by atoms with Crippen molar-refractivity contribution in [3.63, 3.8) is 0 Å². The number of hydrogen-bond donors (Lipinski definition) is 9. The Morgan fingerprint density at radius 2 is 0.677 bits per heavy atom. The summed E-state index contributed by atoms with van der Waals surface area (Å²) >= 11 is 11.6. The van der Waals surface area contributed by atoms with E-state index in [-0.39, 0.29) is 0 Å². The van der Waals surface area contributed by atoms with E-state index in [2.05, 4.69) is 58.7 Å². The summed E-state index contributed by atoms with van der Waals surface area (Å²) in [5.74, 6) is 0. The van der Waals surface area contributed by atoms with E-state index in [0.29, 0.717) is 0 Å². The van der Waals surface area contributed by atoms with Crippen molar-refractivity contribution in [3.05, 3.63) is 0 Å². The smallest absolute Gasteiger partial charge is 0.324 e. The van der Waals surface area contributed by atoms with E-state index in [4.69, 9.17) is 30.0 Å². The van der Waals surface area contributed by atoms with E-state index in [9.17, 15) is 0 Å². The Bertz CT molecular complexity index is 249. The summed E-state index contributed by atoms with van der Waals surface area (Å²) in [7, 11) is -2.62. The van der Waals surface area contributed by atoms with Crippen LogP contribution in [0.5, 0.6) is 0 Å². The minimum Gasteiger partial charge on any atom is -0.383 e. The summed E-state index contributed by atoms with van der Waals surface area (Å²) in [6.45, 7) is 6.53. The van der Waals surface area contributed by atoms with Crippen LogP contribution in [-0.4, -0.2) is 46.3 Å². The van der Waals surface area contributed by atoms with Crippen LogP contribution < -0.4 is 0 Å². The molecule has 0 radical (unpaired) electrons. The molecule has 0 saturated carbocycles. The Morgan fingerprint density at radius 1 is 0.484 bits per heavy atom. The molecule has 0 aromatic heterocycles. The third kappa shape index (κ3) is 72.2. The lowest BCUT2D eigenvalue weighted by Crippen LogP contribution is -1.94. The first-order chi connectivity index (χ1) is 14.5. The third-order valence-electron chi connectivity index (χ3n) is 3.95. The van der Waals surface area contributed by atoms with Gasteiger partial charge in [-0.2, -0.15) is 0 Å². The van der Waals surface area contributed by atoms with Crippen LogP contribution in [0.4, 0.5) is 0 Å². The Balaban J connectivity index is -0.000000162. The van der Waals surface area contributed by atoms with Crippen molar-refractivity contribution in [2.75, 3.05) is 0 Å². The lowest BCUT2D eigenvalue weighted by atomic mass is 10.2. The van der Waals surface area contributed by atoms with Gasteiger partial charge in [-0.3, -0.25) is 0 Å². The predicted molar refractivity (Wildman–Crippen MR) is 145 cm³/mol. The monoisotopic (exact) mass is 526 g/mol. The zero-order valence-corrected chi connectivity index (χ0v) is 23.4. The third-order valence-corrected chi connectivity index (χ3v) is 4.72. The van der Waals surface area contributed by atoms with Crippen molar-refractivity contribution < 1.29 is 30.0 Å². The van der Waals surface area contributed by atoms with Crippen LogP contribution in [0, 0.1) is 0 Å². The molecule has 0 amide bonds. The maximum atomic E-state index is 8.72. The van der Waals surface area contributed by atoms with Gasteiger partial charge in [0, 0.05) is 0 Å². The second-order valence-corrected chi connectivity index (χ2v) is 9.58. The van der Waals surface area contributed by atoms with Gasteiger partial charge in [-0.25, -0.2) is 0 Å². The van der Waals surface area contributed by atoms with Gasteiger partial charge in [0.2, 0.25) is 0 Å². The Hall–Kier alpha value is 1.24. The maximum Gasteiger partial charge on any atom is 0.324 e. The SMILES string of the molecule is CCCCCCC(O)S.CCCCCCC(O)S.CCCCCCC(O)S.OP(O)O. The lowest BCUT2D eigenvalue weighted by Gasteiger charge is -2.00. The number of hydrogen-bond acceptors (Lipinski definition) is 9. The molecule has 0 saturated heterocycles. The van der Waals surface area contributed by atoms with Gasteiger partial charge in [-0.1, -0.05) is 97.8 Å². The first kappa shape index (κ1) is 39.5. The molecule has 0 aliphatic rings. The minimum absolute atomic E-state index is 0.401. The molecule has 0 aliphatic heterocycles. The maximum absolute atomic E-state index is 8.72. The largest absolute Gasteiger partial charge is 0.383 e. The molecular formula is C21H51O6PS3. The van der Waals surface area contributed by atoms with E-state index in [1.165, 1.54) is 57.8 Å². The molecule has 0 bridgehead atoms. The second kappa shape index (κ2) is 35.8. The molecule has 31 heavy (non-hydrogen) atoms. The molecule has 0 spiro atoms. The second-order valence-electron chi connectivity index (χ2n) is 7.26. The topological polar surface area (TPSA) is 121 Å². The van der Waals surface area contributed by atoms with Gasteiger partial charge in [0.1, 0.15) is 0 Å². The number of aliphatic hydroxyl groups excluding tert-OH is 3. The number of unbranched alkanes of at least 4 members (excludes halogenated alkanes) is 9. The summed E-state index contributed by atoms with van der Waals surface area (Å²) in [5, 5.41) is 26.1. The van der Waals surface area contributed by atoms with Gasteiger partial charge in [0.15, 0.2) is 0 Å². The summed E-state index contributed by atoms with van der Waals surface area (Å²) in [5.41, 5.74) is -1.20. The molecular weight excluding hydrogens is 475 g/mol. The molecule has 0 aromatic rings. The van der Waals surface area contributed by atoms with E-state index in [0.717, 1.165) is 38.5 Å². The fourth-order valence-electron chi connectivity index (χ4n) is 2.26. The fraction of sp³-hybridized carbons (Fsp3) is 1.00. The minimum atomic E-state index is -2.62. The van der Waals surface area contributed by atoms with Crippen molar-refractivity contribution in [2.45, 2.75) is 133 Å². The van der Waals surface area contributed by atoms with E-state index < -0.39 is 24.9 Å². The van der Waals surface area contributed by atoms with Crippen LogP contribution in [0.1, 0.15) is 117 Å². The highest BCUT2D eigenvalue weighted by atomic mass is 32.1. The highest BCUT2D eigenvalue weighted by Gasteiger charge is 1.95. The molecule has 0 aliphatic carbocycles. The fourth-order valence-corrected chi connectivity index (χ4v) is 2.81. The van der Waals surface area contributed by atoms with Gasteiger partial charge >= 0.3 is 8.60 Å². The average Bonchev–Trinajstić information content (AvgIpc) is 2.66. The standard InChI is InChI=1S/3C7H16OS.H3O3P/c3*1-2-3-4-5-6-7(8)9;1-4(2)3/h3*7-9H,2-6H2,1H3;1-3H. The van der Waals surface area contributed by atoms with Crippen molar-refractivity contribution >= 4 is 46.5 Å². The molecule has 0 fully saturated rings. The van der Waals surface area contributed by atoms with E-state index >= 15 is 0 Å². The van der Waals surface area contributed by atoms with E-state index in [1.807, 2.05) is 0 Å². The Labute approximate surface area is 209 Å². The molecule has 10 heteroatoms. The van der Waals surface area contributed by atoms with Crippen LogP contribution >= 0.6 is 46.5 Å². The molecule has 6 N–H and O–H groups in total. The van der Waals surface area contributed by atoms with Crippen LogP contribution in [0.2, 0.25) is 0 Å². The molecule has 0 aromatic carbocycles. The van der Waals surface area contributed by atoms with Crippen LogP contribution in [-0.2, 0) is 0 Å². The molecule has 3 unspecified atom stereocenters.